The fourth-order valence-corrected chi connectivity index (χ4v) is 7.95. The van der Waals surface area contributed by atoms with Crippen molar-refractivity contribution in [3.63, 3.8) is 0 Å². The van der Waals surface area contributed by atoms with E-state index in [1.54, 1.807) is 0 Å². The Hall–Kier alpha value is -3.33. The minimum atomic E-state index is -4.97. The molecule has 242 valence electrons. The Kier molecular flexibility index (Phi) is 7.34. The summed E-state index contributed by atoms with van der Waals surface area (Å²) < 4.78 is 56.0. The maximum atomic E-state index is 13.1. The summed E-state index contributed by atoms with van der Waals surface area (Å²) in [6.45, 7) is -1.37. The van der Waals surface area contributed by atoms with Gasteiger partial charge in [-0.3, -0.25) is 32.4 Å². The van der Waals surface area contributed by atoms with Gasteiger partial charge in [0.15, 0.2) is 23.0 Å². The van der Waals surface area contributed by atoms with E-state index >= 15 is 0 Å². The average molecular weight is 671 g/mol. The molecule has 4 aromatic heterocycles. The summed E-state index contributed by atoms with van der Waals surface area (Å²) in [5.74, 6) is -1.20. The number of imidazole rings is 2. The van der Waals surface area contributed by atoms with Crippen molar-refractivity contribution in [3.05, 3.63) is 35.3 Å². The number of hydrogen-bond donors (Lipinski definition) is 7. The fraction of sp³-hybridized carbons (Fsp3) is 0.500. The number of rotatable bonds is 2. The lowest BCUT2D eigenvalue weighted by molar-refractivity contribution is -0.0606. The highest BCUT2D eigenvalue weighted by atomic mass is 31.2. The molecule has 4 unspecified atom stereocenters. The molecule has 0 aromatic carbocycles. The van der Waals surface area contributed by atoms with Crippen LogP contribution in [-0.4, -0.2) is 97.8 Å². The first-order valence-corrected chi connectivity index (χ1v) is 16.4. The number of nitrogen functional groups attached to an aromatic ring is 2. The molecule has 4 aromatic rings. The van der Waals surface area contributed by atoms with E-state index in [0.29, 0.717) is 11.2 Å². The van der Waals surface area contributed by atoms with E-state index in [2.05, 4.69) is 24.9 Å². The van der Waals surface area contributed by atoms with Crippen LogP contribution in [0, 0.1) is 5.92 Å². The number of aromatic amines is 1. The SMILES string of the molecule is Nc1nc2c(ncn2[C@@H]2C[C@@H]3COP(=O)(O)O[C@@H]4C(O)[C@H](n5cnc6c(N)ccnc65)O[C@@H]4COP(=O)(O)O[C@@H]3C2O)c(=O)[nH]1. The Balaban J connectivity index is 1.17. The van der Waals surface area contributed by atoms with E-state index in [0.717, 1.165) is 0 Å². The molecule has 1 saturated carbocycles. The predicted molar refractivity (Wildman–Crippen MR) is 149 cm³/mol. The van der Waals surface area contributed by atoms with Crippen molar-refractivity contribution in [1.29, 1.82) is 0 Å². The number of aliphatic hydroxyl groups is 2. The third-order valence-corrected chi connectivity index (χ3v) is 9.96. The second-order valence-corrected chi connectivity index (χ2v) is 13.6. The van der Waals surface area contributed by atoms with Crippen LogP contribution in [0.3, 0.4) is 0 Å². The first-order valence-electron chi connectivity index (χ1n) is 13.4. The van der Waals surface area contributed by atoms with Gasteiger partial charge in [-0.05, 0) is 12.5 Å². The molecule has 0 radical (unpaired) electrons. The molecule has 9 N–H and O–H groups in total. The van der Waals surface area contributed by atoms with Crippen LogP contribution in [0.1, 0.15) is 18.7 Å². The minimum absolute atomic E-state index is 0.0233. The number of phosphoric ester groups is 2. The number of aliphatic hydroxyl groups excluding tert-OH is 2. The highest BCUT2D eigenvalue weighted by Crippen LogP contribution is 2.55. The number of hydrogen-bond acceptors (Lipinski definition) is 16. The maximum Gasteiger partial charge on any atom is 0.472 e. The van der Waals surface area contributed by atoms with Crippen LogP contribution < -0.4 is 17.0 Å². The minimum Gasteiger partial charge on any atom is -0.397 e. The van der Waals surface area contributed by atoms with Gasteiger partial charge in [0.25, 0.3) is 5.56 Å². The van der Waals surface area contributed by atoms with Crippen molar-refractivity contribution >= 4 is 49.6 Å². The van der Waals surface area contributed by atoms with Crippen molar-refractivity contribution in [3.8, 4) is 0 Å². The van der Waals surface area contributed by atoms with Gasteiger partial charge in [-0.1, -0.05) is 0 Å². The lowest BCUT2D eigenvalue weighted by Crippen LogP contribution is -2.37. The number of pyridine rings is 1. The Morgan fingerprint density at radius 2 is 1.60 bits per heavy atom. The molecule has 0 spiro atoms. The van der Waals surface area contributed by atoms with E-state index in [4.69, 9.17) is 34.3 Å². The second-order valence-electron chi connectivity index (χ2n) is 10.8. The van der Waals surface area contributed by atoms with Crippen LogP contribution in [0.25, 0.3) is 22.3 Å². The van der Waals surface area contributed by atoms with Crippen molar-refractivity contribution in [2.45, 2.75) is 49.2 Å². The van der Waals surface area contributed by atoms with Gasteiger partial charge in [0.1, 0.15) is 36.0 Å². The molecule has 45 heavy (non-hydrogen) atoms. The van der Waals surface area contributed by atoms with Crippen LogP contribution >= 0.6 is 15.6 Å². The van der Waals surface area contributed by atoms with Crippen molar-refractivity contribution in [2.24, 2.45) is 5.92 Å². The summed E-state index contributed by atoms with van der Waals surface area (Å²) in [5.41, 5.74) is 11.8. The van der Waals surface area contributed by atoms with Gasteiger partial charge < -0.3 is 40.8 Å². The van der Waals surface area contributed by atoms with Gasteiger partial charge in [-0.25, -0.2) is 24.1 Å². The molecule has 3 aliphatic rings. The zero-order valence-electron chi connectivity index (χ0n) is 22.8. The molecule has 2 aliphatic heterocycles. The number of nitrogens with one attached hydrogen (secondary N) is 1. The summed E-state index contributed by atoms with van der Waals surface area (Å²) in [7, 11) is -9.92. The number of nitrogens with zero attached hydrogens (tertiary/aromatic N) is 6. The normalized spacial score (nSPS) is 37.7. The molecule has 1 aliphatic carbocycles. The topological polar surface area (TPSA) is 308 Å². The van der Waals surface area contributed by atoms with Gasteiger partial charge >= 0.3 is 15.6 Å². The highest BCUT2D eigenvalue weighted by molar-refractivity contribution is 7.47. The first-order chi connectivity index (χ1) is 21.3. The zero-order valence-corrected chi connectivity index (χ0v) is 24.6. The number of anilines is 2. The molecular formula is C22H27N9O12P2. The lowest BCUT2D eigenvalue weighted by atomic mass is 10.1. The van der Waals surface area contributed by atoms with Gasteiger partial charge in [0.2, 0.25) is 5.95 Å². The van der Waals surface area contributed by atoms with E-state index in [9.17, 15) is 33.9 Å². The molecule has 6 heterocycles. The Morgan fingerprint density at radius 1 is 0.911 bits per heavy atom. The highest BCUT2D eigenvalue weighted by Gasteiger charge is 2.53. The maximum absolute atomic E-state index is 13.1. The number of nitrogens with two attached hydrogens (primary N) is 2. The molecule has 7 rings (SSSR count). The van der Waals surface area contributed by atoms with Crippen molar-refractivity contribution in [1.82, 2.24) is 34.1 Å². The molecule has 0 amide bonds. The molecular weight excluding hydrogens is 644 g/mol. The second kappa shape index (κ2) is 10.9. The van der Waals surface area contributed by atoms with Crippen molar-refractivity contribution in [2.75, 3.05) is 24.7 Å². The van der Waals surface area contributed by atoms with Gasteiger partial charge in [-0.2, -0.15) is 4.98 Å². The lowest BCUT2D eigenvalue weighted by Gasteiger charge is -2.28. The molecule has 3 fully saturated rings. The Labute approximate surface area is 250 Å². The molecule has 21 nitrogen and oxygen atoms in total. The van der Waals surface area contributed by atoms with Gasteiger partial charge in [0.05, 0.1) is 37.6 Å². The van der Waals surface area contributed by atoms with Gasteiger partial charge in [-0.15, -0.1) is 0 Å². The number of ether oxygens (including phenoxy) is 1. The molecule has 2 saturated heterocycles. The van der Waals surface area contributed by atoms with Crippen LogP contribution in [0.5, 0.6) is 0 Å². The third-order valence-electron chi connectivity index (χ3n) is 7.99. The Morgan fingerprint density at radius 3 is 2.38 bits per heavy atom. The van der Waals surface area contributed by atoms with Crippen LogP contribution in [0.4, 0.5) is 11.6 Å². The predicted octanol–water partition coefficient (Wildman–Crippen LogP) is -1.07. The van der Waals surface area contributed by atoms with Crippen LogP contribution in [0.15, 0.2) is 29.7 Å². The van der Waals surface area contributed by atoms with E-state index in [1.165, 1.54) is 34.1 Å². The van der Waals surface area contributed by atoms with E-state index in [1.807, 2.05) is 0 Å². The first kappa shape index (κ1) is 30.3. The average Bonchev–Trinajstić information content (AvgIpc) is 3.72. The number of fused-ring (bicyclic) bond motifs is 4. The van der Waals surface area contributed by atoms with E-state index in [-0.39, 0.29) is 29.2 Å². The molecule has 0 bridgehead atoms. The summed E-state index contributed by atoms with van der Waals surface area (Å²) in [4.78, 5) is 52.3. The summed E-state index contributed by atoms with van der Waals surface area (Å²) in [6, 6.07) is 0.567. The molecule has 10 atom stereocenters. The summed E-state index contributed by atoms with van der Waals surface area (Å²) in [5, 5.41) is 22.4. The number of aromatic nitrogens is 7. The largest absolute Gasteiger partial charge is 0.472 e. The van der Waals surface area contributed by atoms with Crippen LogP contribution in [-0.2, 0) is 32.0 Å². The molecule has 23 heteroatoms. The quantitative estimate of drug-likeness (QED) is 0.125. The summed E-state index contributed by atoms with van der Waals surface area (Å²) in [6.07, 6.45) is -5.10. The standard InChI is InChI=1S/C22H27N9O12P2/c23-9-1-2-25-18-12(9)26-7-31(18)21-15(33)17-11(41-21)5-40-45(37,38)42-16-8(4-39-44(35,36)43-17)3-10(14(16)32)30-6-27-13-19(30)28-22(24)29-20(13)34/h1-2,6-8,10-11,14-17,21,32-33H,3-5H2,(H2,23,25)(H,35,36)(H,37,38)(H3,24,28,29,34)/t8-,10-,11-,14?,15?,16+,17+,21-/m1/s1. The number of H-pyrrole nitrogens is 1. The van der Waals surface area contributed by atoms with Crippen LogP contribution in [0.2, 0.25) is 0 Å². The zero-order chi connectivity index (χ0) is 31.8. The smallest absolute Gasteiger partial charge is 0.397 e. The van der Waals surface area contributed by atoms with Gasteiger partial charge in [0, 0.05) is 12.1 Å². The Bertz CT molecular complexity index is 1930. The monoisotopic (exact) mass is 671 g/mol. The van der Waals surface area contributed by atoms with Crippen molar-refractivity contribution < 1.29 is 52.0 Å². The summed E-state index contributed by atoms with van der Waals surface area (Å²) >= 11 is 0. The fourth-order valence-electron chi connectivity index (χ4n) is 5.94. The number of phosphoric acid groups is 2. The van der Waals surface area contributed by atoms with E-state index < -0.39 is 83.1 Å². The third kappa shape index (κ3) is 5.34.